The normalized spacial score (nSPS) is 18.4. The quantitative estimate of drug-likeness (QED) is 0.829. The van der Waals surface area contributed by atoms with Crippen molar-refractivity contribution in [2.45, 2.75) is 24.8 Å². The number of aromatic amines is 1. The molecule has 1 aromatic rings. The van der Waals surface area contributed by atoms with Gasteiger partial charge in [0.05, 0.1) is 11.5 Å². The highest BCUT2D eigenvalue weighted by Crippen LogP contribution is 2.18. The molecule has 0 spiro atoms. The predicted molar refractivity (Wildman–Crippen MR) is 72.4 cm³/mol. The van der Waals surface area contributed by atoms with Crippen molar-refractivity contribution in [3.8, 4) is 0 Å². The minimum absolute atomic E-state index is 0.335. The van der Waals surface area contributed by atoms with E-state index in [1.54, 1.807) is 12.3 Å². The van der Waals surface area contributed by atoms with Crippen LogP contribution in [0.5, 0.6) is 0 Å². The first-order valence-electron chi connectivity index (χ1n) is 6.60. The van der Waals surface area contributed by atoms with Gasteiger partial charge in [-0.2, -0.15) is 4.31 Å². The average Bonchev–Trinajstić information content (AvgIpc) is 2.70. The molecule has 0 amide bonds. The Labute approximate surface area is 114 Å². The van der Waals surface area contributed by atoms with Crippen molar-refractivity contribution in [1.82, 2.24) is 14.6 Å². The molecule has 7 heteroatoms. The van der Waals surface area contributed by atoms with Crippen LogP contribution in [-0.2, 0) is 21.3 Å². The summed E-state index contributed by atoms with van der Waals surface area (Å²) in [6, 6.07) is 1.70. The Morgan fingerprint density at radius 2 is 2.26 bits per heavy atom. The molecule has 19 heavy (non-hydrogen) atoms. The van der Waals surface area contributed by atoms with E-state index in [1.807, 2.05) is 6.92 Å². The molecule has 1 saturated heterocycles. The second-order valence-electron chi connectivity index (χ2n) is 4.51. The highest BCUT2D eigenvalue weighted by atomic mass is 32.2. The number of aromatic nitrogens is 1. The van der Waals surface area contributed by atoms with Crippen molar-refractivity contribution < 1.29 is 13.2 Å². The number of hydrogen-bond donors (Lipinski definition) is 2. The van der Waals surface area contributed by atoms with E-state index in [2.05, 4.69) is 10.3 Å². The monoisotopic (exact) mass is 287 g/mol. The molecule has 2 rings (SSSR count). The summed E-state index contributed by atoms with van der Waals surface area (Å²) in [5.41, 5.74) is 0.881. The van der Waals surface area contributed by atoms with Gasteiger partial charge in [-0.3, -0.25) is 0 Å². The zero-order valence-electron chi connectivity index (χ0n) is 11.2. The summed E-state index contributed by atoms with van der Waals surface area (Å²) in [6.07, 6.45) is 2.31. The highest BCUT2D eigenvalue weighted by molar-refractivity contribution is 7.89. The van der Waals surface area contributed by atoms with Gasteiger partial charge in [0.1, 0.15) is 0 Å². The fourth-order valence-corrected chi connectivity index (χ4v) is 3.52. The molecule has 0 atom stereocenters. The van der Waals surface area contributed by atoms with Crippen LogP contribution >= 0.6 is 0 Å². The molecule has 1 aliphatic rings. The van der Waals surface area contributed by atoms with Crippen molar-refractivity contribution in [1.29, 1.82) is 0 Å². The molecule has 0 unspecified atom stereocenters. The first-order valence-corrected chi connectivity index (χ1v) is 8.04. The van der Waals surface area contributed by atoms with Gasteiger partial charge in [0, 0.05) is 38.1 Å². The van der Waals surface area contributed by atoms with Gasteiger partial charge in [-0.1, -0.05) is 6.92 Å². The van der Waals surface area contributed by atoms with Crippen LogP contribution in [0, 0.1) is 0 Å². The van der Waals surface area contributed by atoms with Crippen molar-refractivity contribution in [3.63, 3.8) is 0 Å². The zero-order valence-corrected chi connectivity index (χ0v) is 12.0. The SMILES string of the molecule is CCNCc1cc(S(=O)(=O)N2CCCOCC2)c[nH]1. The summed E-state index contributed by atoms with van der Waals surface area (Å²) >= 11 is 0. The van der Waals surface area contributed by atoms with E-state index in [9.17, 15) is 8.42 Å². The smallest absolute Gasteiger partial charge is 0.244 e. The molecule has 108 valence electrons. The summed E-state index contributed by atoms with van der Waals surface area (Å²) in [5, 5.41) is 3.16. The largest absolute Gasteiger partial charge is 0.380 e. The fraction of sp³-hybridized carbons (Fsp3) is 0.667. The van der Waals surface area contributed by atoms with Crippen LogP contribution < -0.4 is 5.32 Å². The van der Waals surface area contributed by atoms with E-state index in [-0.39, 0.29) is 0 Å². The van der Waals surface area contributed by atoms with Gasteiger partial charge >= 0.3 is 0 Å². The molecule has 0 saturated carbocycles. The predicted octanol–water partition coefficient (Wildman–Crippen LogP) is 0.535. The number of nitrogens with zero attached hydrogens (tertiary/aromatic N) is 1. The van der Waals surface area contributed by atoms with Gasteiger partial charge in [0.25, 0.3) is 0 Å². The number of nitrogens with one attached hydrogen (secondary N) is 2. The molecule has 0 aliphatic carbocycles. The maximum Gasteiger partial charge on any atom is 0.244 e. The first-order chi connectivity index (χ1) is 9.14. The van der Waals surface area contributed by atoms with E-state index in [4.69, 9.17) is 4.74 Å². The van der Waals surface area contributed by atoms with E-state index in [1.165, 1.54) is 4.31 Å². The number of rotatable bonds is 5. The Balaban J connectivity index is 2.11. The van der Waals surface area contributed by atoms with E-state index in [0.717, 1.165) is 18.7 Å². The second-order valence-corrected chi connectivity index (χ2v) is 6.45. The lowest BCUT2D eigenvalue weighted by atomic mass is 10.4. The van der Waals surface area contributed by atoms with E-state index < -0.39 is 10.0 Å². The van der Waals surface area contributed by atoms with Crippen molar-refractivity contribution in [2.75, 3.05) is 32.8 Å². The molecule has 6 nitrogen and oxygen atoms in total. The molecule has 1 fully saturated rings. The van der Waals surface area contributed by atoms with Crippen molar-refractivity contribution in [2.24, 2.45) is 0 Å². The molecule has 0 bridgehead atoms. The molecule has 1 aromatic heterocycles. The van der Waals surface area contributed by atoms with Crippen molar-refractivity contribution in [3.05, 3.63) is 18.0 Å². The first kappa shape index (κ1) is 14.5. The lowest BCUT2D eigenvalue weighted by Crippen LogP contribution is -2.33. The van der Waals surface area contributed by atoms with Gasteiger partial charge in [-0.25, -0.2) is 8.42 Å². The van der Waals surface area contributed by atoms with Gasteiger partial charge < -0.3 is 15.0 Å². The van der Waals surface area contributed by atoms with E-state index >= 15 is 0 Å². The topological polar surface area (TPSA) is 74.4 Å². The van der Waals surface area contributed by atoms with Crippen LogP contribution in [0.3, 0.4) is 0 Å². The fourth-order valence-electron chi connectivity index (χ4n) is 2.04. The number of sulfonamides is 1. The Kier molecular flexibility index (Phi) is 4.98. The number of H-pyrrole nitrogens is 1. The average molecular weight is 287 g/mol. The summed E-state index contributed by atoms with van der Waals surface area (Å²) < 4.78 is 31.7. The molecule has 0 radical (unpaired) electrons. The minimum Gasteiger partial charge on any atom is -0.380 e. The third-order valence-corrected chi connectivity index (χ3v) is 4.98. The van der Waals surface area contributed by atoms with Gasteiger partial charge in [0.2, 0.25) is 10.0 Å². The number of ether oxygens (including phenoxy) is 1. The van der Waals surface area contributed by atoms with Crippen LogP contribution in [0.2, 0.25) is 0 Å². The lowest BCUT2D eigenvalue weighted by molar-refractivity contribution is 0.148. The standard InChI is InChI=1S/C12H21N3O3S/c1-2-13-9-11-8-12(10-14-11)19(16,17)15-4-3-6-18-7-5-15/h8,10,13-14H,2-7,9H2,1H3. The molecule has 0 aromatic carbocycles. The highest BCUT2D eigenvalue weighted by Gasteiger charge is 2.26. The molecular weight excluding hydrogens is 266 g/mol. The summed E-state index contributed by atoms with van der Waals surface area (Å²) in [4.78, 5) is 3.34. The Morgan fingerprint density at radius 3 is 3.05 bits per heavy atom. The van der Waals surface area contributed by atoms with Crippen LogP contribution in [0.15, 0.2) is 17.2 Å². The Morgan fingerprint density at radius 1 is 1.42 bits per heavy atom. The second kappa shape index (κ2) is 6.51. The molecule has 2 N–H and O–H groups in total. The third kappa shape index (κ3) is 3.56. The van der Waals surface area contributed by atoms with Crippen LogP contribution in [0.1, 0.15) is 19.0 Å². The van der Waals surface area contributed by atoms with Gasteiger partial charge in [-0.15, -0.1) is 0 Å². The maximum absolute atomic E-state index is 12.5. The maximum atomic E-state index is 12.5. The summed E-state index contributed by atoms with van der Waals surface area (Å²) in [5.74, 6) is 0. The van der Waals surface area contributed by atoms with Crippen LogP contribution in [0.25, 0.3) is 0 Å². The summed E-state index contributed by atoms with van der Waals surface area (Å²) in [7, 11) is -3.40. The van der Waals surface area contributed by atoms with Gasteiger partial charge in [-0.05, 0) is 19.0 Å². The third-order valence-electron chi connectivity index (χ3n) is 3.10. The minimum atomic E-state index is -3.40. The van der Waals surface area contributed by atoms with Gasteiger partial charge in [0.15, 0.2) is 0 Å². The Bertz CT molecular complexity index is 490. The molecular formula is C12H21N3O3S. The zero-order chi connectivity index (χ0) is 13.7. The molecule has 1 aliphatic heterocycles. The molecule has 2 heterocycles. The Hall–Kier alpha value is -0.890. The summed E-state index contributed by atoms with van der Waals surface area (Å²) in [6.45, 7) is 5.56. The van der Waals surface area contributed by atoms with Crippen molar-refractivity contribution >= 4 is 10.0 Å². The van der Waals surface area contributed by atoms with Crippen LogP contribution in [0.4, 0.5) is 0 Å². The van der Waals surface area contributed by atoms with E-state index in [0.29, 0.717) is 37.7 Å². The number of hydrogen-bond acceptors (Lipinski definition) is 4. The van der Waals surface area contributed by atoms with Crippen LogP contribution in [-0.4, -0.2) is 50.6 Å². The lowest BCUT2D eigenvalue weighted by Gasteiger charge is -2.18.